The molecule has 14 nitrogen and oxygen atoms in total. The molecule has 0 aromatic rings. The normalized spacial score (nSPS) is 11.9. The molecule has 0 aliphatic rings. The molecule has 152 valence electrons. The molecule has 0 radical (unpaired) electrons. The zero-order valence-corrected chi connectivity index (χ0v) is 12.9. The number of carbonyl (C=O) groups is 6. The standard InChI is InChI=1S/C12H14O13.2Na.H2O.2H/c13-5(14)1-11(24,9(20)21)4-8(19)25-12(10(22)23,2-6(15)16)3-7(17)18;;;;;/h24H,1-4H2,(H,13,14)(H,15,16)(H,17,18)(H,20,21)(H,22,23);;;1H2;;. The molecular weight excluding hydrogens is 414 g/mol. The summed E-state index contributed by atoms with van der Waals surface area (Å²) in [6.07, 6.45) is -5.94. The van der Waals surface area contributed by atoms with Crippen molar-refractivity contribution in [2.24, 2.45) is 0 Å². The third-order valence-electron chi connectivity index (χ3n) is 2.85. The number of hydrogen-bond acceptors (Lipinski definition) is 8. The first-order chi connectivity index (χ1) is 11.2. The van der Waals surface area contributed by atoms with E-state index in [9.17, 15) is 33.9 Å². The van der Waals surface area contributed by atoms with Crippen molar-refractivity contribution in [1.82, 2.24) is 0 Å². The SMILES string of the molecule is O.O=C(O)CC(O)(CC(=O)OC(CC(=O)O)(CC(=O)O)C(=O)O)C(=O)O.[NaH].[NaH]. The van der Waals surface area contributed by atoms with E-state index in [0.717, 1.165) is 0 Å². The van der Waals surface area contributed by atoms with E-state index in [4.69, 9.17) is 25.5 Å². The van der Waals surface area contributed by atoms with E-state index in [2.05, 4.69) is 4.74 Å². The molecule has 0 saturated heterocycles. The van der Waals surface area contributed by atoms with E-state index in [1.165, 1.54) is 0 Å². The second-order valence-electron chi connectivity index (χ2n) is 5.00. The van der Waals surface area contributed by atoms with Crippen molar-refractivity contribution in [1.29, 1.82) is 0 Å². The molecule has 0 spiro atoms. The predicted molar refractivity (Wildman–Crippen MR) is 88.3 cm³/mol. The fourth-order valence-electron chi connectivity index (χ4n) is 1.77. The average Bonchev–Trinajstić information content (AvgIpc) is 2.34. The third-order valence-corrected chi connectivity index (χ3v) is 2.85. The Labute approximate surface area is 200 Å². The summed E-state index contributed by atoms with van der Waals surface area (Å²) in [6.45, 7) is 0. The summed E-state index contributed by atoms with van der Waals surface area (Å²) < 4.78 is 4.33. The summed E-state index contributed by atoms with van der Waals surface area (Å²) in [4.78, 5) is 66.0. The number of aliphatic carboxylic acids is 5. The first-order valence-electron chi connectivity index (χ1n) is 6.30. The van der Waals surface area contributed by atoms with Crippen LogP contribution in [0.15, 0.2) is 0 Å². The molecule has 0 rings (SSSR count). The van der Waals surface area contributed by atoms with Gasteiger partial charge in [-0.2, -0.15) is 0 Å². The molecule has 28 heavy (non-hydrogen) atoms. The van der Waals surface area contributed by atoms with Gasteiger partial charge in [-0.3, -0.25) is 19.2 Å². The summed E-state index contributed by atoms with van der Waals surface area (Å²) in [5.41, 5.74) is -6.24. The Hall–Kier alpha value is -1.26. The van der Waals surface area contributed by atoms with Crippen molar-refractivity contribution in [3.63, 3.8) is 0 Å². The number of rotatable bonds is 11. The van der Waals surface area contributed by atoms with Gasteiger partial charge >= 0.3 is 94.9 Å². The van der Waals surface area contributed by atoms with Gasteiger partial charge in [-0.05, 0) is 0 Å². The second-order valence-corrected chi connectivity index (χ2v) is 5.00. The molecule has 0 aliphatic carbocycles. The zero-order valence-electron chi connectivity index (χ0n) is 12.9. The van der Waals surface area contributed by atoms with E-state index < -0.39 is 72.7 Å². The van der Waals surface area contributed by atoms with Crippen molar-refractivity contribution >= 4 is 94.9 Å². The van der Waals surface area contributed by atoms with Gasteiger partial charge in [-0.1, -0.05) is 0 Å². The molecular formula is C12H18Na2O14. The van der Waals surface area contributed by atoms with Crippen molar-refractivity contribution in [3.8, 4) is 0 Å². The molecule has 0 aliphatic heterocycles. The number of aliphatic hydroxyl groups is 1. The third kappa shape index (κ3) is 10.9. The van der Waals surface area contributed by atoms with Crippen molar-refractivity contribution in [3.05, 3.63) is 0 Å². The van der Waals surface area contributed by atoms with Crippen LogP contribution in [0.4, 0.5) is 0 Å². The molecule has 1 unspecified atom stereocenters. The fourth-order valence-corrected chi connectivity index (χ4v) is 1.77. The molecule has 8 N–H and O–H groups in total. The molecule has 0 heterocycles. The Kier molecular flexibility index (Phi) is 16.9. The molecule has 0 amide bonds. The van der Waals surface area contributed by atoms with Gasteiger partial charge in [0.05, 0.1) is 25.7 Å². The van der Waals surface area contributed by atoms with Gasteiger partial charge in [-0.25, -0.2) is 9.59 Å². The quantitative estimate of drug-likeness (QED) is 0.134. The molecule has 0 saturated carbocycles. The monoisotopic (exact) mass is 432 g/mol. The summed E-state index contributed by atoms with van der Waals surface area (Å²) in [5.74, 6) is -11.6. The van der Waals surface area contributed by atoms with E-state index in [1.54, 1.807) is 0 Å². The van der Waals surface area contributed by atoms with Crippen molar-refractivity contribution < 1.29 is 69.6 Å². The summed E-state index contributed by atoms with van der Waals surface area (Å²) in [5, 5.41) is 53.5. The van der Waals surface area contributed by atoms with Crippen LogP contribution in [-0.2, 0) is 33.5 Å². The topological polar surface area (TPSA) is 265 Å². The fraction of sp³-hybridized carbons (Fsp3) is 0.500. The molecule has 0 fully saturated rings. The van der Waals surface area contributed by atoms with Gasteiger partial charge in [0.25, 0.3) is 0 Å². The van der Waals surface area contributed by atoms with Crippen molar-refractivity contribution in [2.45, 2.75) is 36.9 Å². The van der Waals surface area contributed by atoms with E-state index in [0.29, 0.717) is 0 Å². The Morgan fingerprint density at radius 2 is 1.00 bits per heavy atom. The van der Waals surface area contributed by atoms with Gasteiger partial charge < -0.3 is 40.9 Å². The summed E-state index contributed by atoms with van der Waals surface area (Å²) in [7, 11) is 0. The predicted octanol–water partition coefficient (Wildman–Crippen LogP) is -4.14. The zero-order chi connectivity index (χ0) is 20.0. The maximum atomic E-state index is 11.7. The van der Waals surface area contributed by atoms with Crippen LogP contribution in [-0.4, -0.2) is 142 Å². The van der Waals surface area contributed by atoms with Crippen LogP contribution in [0.1, 0.15) is 25.7 Å². The van der Waals surface area contributed by atoms with Crippen LogP contribution in [0.2, 0.25) is 0 Å². The number of esters is 1. The minimum absolute atomic E-state index is 0. The second kappa shape index (κ2) is 13.8. The van der Waals surface area contributed by atoms with E-state index >= 15 is 0 Å². The molecule has 0 aromatic carbocycles. The Balaban J connectivity index is -0.000000960. The van der Waals surface area contributed by atoms with Crippen LogP contribution < -0.4 is 0 Å². The minimum atomic E-state index is -3.17. The van der Waals surface area contributed by atoms with Gasteiger partial charge in [0.15, 0.2) is 5.60 Å². The van der Waals surface area contributed by atoms with Crippen LogP contribution in [0, 0.1) is 0 Å². The van der Waals surface area contributed by atoms with Crippen LogP contribution in [0.25, 0.3) is 0 Å². The number of hydrogen-bond donors (Lipinski definition) is 6. The number of carboxylic acids is 5. The molecule has 1 atom stereocenters. The van der Waals surface area contributed by atoms with E-state index in [-0.39, 0.29) is 64.6 Å². The van der Waals surface area contributed by atoms with Crippen LogP contribution in [0.5, 0.6) is 0 Å². The molecule has 0 bridgehead atoms. The average molecular weight is 432 g/mol. The van der Waals surface area contributed by atoms with E-state index in [1.807, 2.05) is 0 Å². The maximum absolute atomic E-state index is 11.7. The number of ether oxygens (including phenoxy) is 1. The van der Waals surface area contributed by atoms with Gasteiger partial charge in [0.2, 0.25) is 5.60 Å². The molecule has 0 aromatic heterocycles. The first kappa shape index (κ1) is 34.3. The van der Waals surface area contributed by atoms with Gasteiger partial charge in [0, 0.05) is 0 Å². The van der Waals surface area contributed by atoms with Crippen LogP contribution in [0.3, 0.4) is 0 Å². The van der Waals surface area contributed by atoms with Crippen LogP contribution >= 0.6 is 0 Å². The first-order valence-corrected chi connectivity index (χ1v) is 6.30. The summed E-state index contributed by atoms with van der Waals surface area (Å²) in [6, 6.07) is 0. The van der Waals surface area contributed by atoms with Gasteiger partial charge in [-0.15, -0.1) is 0 Å². The number of carbonyl (C=O) groups excluding carboxylic acids is 1. The van der Waals surface area contributed by atoms with Gasteiger partial charge in [0.1, 0.15) is 0 Å². The molecule has 16 heteroatoms. The number of carboxylic acid groups (broad SMARTS) is 5. The Morgan fingerprint density at radius 3 is 1.25 bits per heavy atom. The Bertz CT molecular complexity index is 601. The summed E-state index contributed by atoms with van der Waals surface area (Å²) >= 11 is 0. The van der Waals surface area contributed by atoms with Crippen molar-refractivity contribution in [2.75, 3.05) is 0 Å². The Morgan fingerprint density at radius 1 is 0.643 bits per heavy atom.